The SMILES string of the molecule is COc1cc(CN2CCN(C3CC4(CCNCC4)C3)C(c3ccccc3C(C)C)C2)ccc1F. The predicted octanol–water partition coefficient (Wildman–Crippen LogP) is 5.35. The van der Waals surface area contributed by atoms with Crippen molar-refractivity contribution in [2.45, 2.75) is 64.1 Å². The molecule has 2 aromatic carbocycles. The van der Waals surface area contributed by atoms with Crippen molar-refractivity contribution in [3.63, 3.8) is 0 Å². The van der Waals surface area contributed by atoms with Crippen molar-refractivity contribution in [3.8, 4) is 5.75 Å². The summed E-state index contributed by atoms with van der Waals surface area (Å²) in [5, 5.41) is 3.54. The van der Waals surface area contributed by atoms with E-state index in [0.29, 0.717) is 29.2 Å². The fourth-order valence-corrected chi connectivity index (χ4v) is 6.65. The molecule has 1 N–H and O–H groups in total. The zero-order chi connectivity index (χ0) is 23.7. The summed E-state index contributed by atoms with van der Waals surface area (Å²) >= 11 is 0. The lowest BCUT2D eigenvalue weighted by Crippen LogP contribution is -2.59. The first-order chi connectivity index (χ1) is 16.5. The standard InChI is InChI=1S/C29H40FN3O/c1-21(2)24-6-4-5-7-25(24)27-20-32(19-22-8-9-26(30)28(16-22)34-3)14-15-33(27)23-17-29(18-23)10-12-31-13-11-29/h4-9,16,21,23,27,31H,10-15,17-20H2,1-3H3. The number of benzene rings is 2. The summed E-state index contributed by atoms with van der Waals surface area (Å²) in [6.07, 6.45) is 5.38. The lowest BCUT2D eigenvalue weighted by Gasteiger charge is -2.57. The van der Waals surface area contributed by atoms with Crippen LogP contribution in [0.3, 0.4) is 0 Å². The maximum atomic E-state index is 13.9. The molecule has 184 valence electrons. The van der Waals surface area contributed by atoms with Gasteiger partial charge < -0.3 is 10.1 Å². The Morgan fingerprint density at radius 3 is 2.59 bits per heavy atom. The van der Waals surface area contributed by atoms with Crippen LogP contribution in [0.25, 0.3) is 0 Å². The van der Waals surface area contributed by atoms with Gasteiger partial charge in [0, 0.05) is 38.3 Å². The van der Waals surface area contributed by atoms with Crippen LogP contribution in [0.2, 0.25) is 0 Å². The third-order valence-electron chi connectivity index (χ3n) is 8.58. The summed E-state index contributed by atoms with van der Waals surface area (Å²) in [4.78, 5) is 5.38. The fraction of sp³-hybridized carbons (Fsp3) is 0.586. The molecular formula is C29H40FN3O. The smallest absolute Gasteiger partial charge is 0.165 e. The van der Waals surface area contributed by atoms with Crippen LogP contribution >= 0.6 is 0 Å². The summed E-state index contributed by atoms with van der Waals surface area (Å²) in [7, 11) is 1.54. The first-order valence-electron chi connectivity index (χ1n) is 13.1. The molecule has 1 spiro atoms. The molecule has 2 saturated heterocycles. The molecule has 3 fully saturated rings. The third-order valence-corrected chi connectivity index (χ3v) is 8.58. The van der Waals surface area contributed by atoms with Crippen molar-refractivity contribution in [2.24, 2.45) is 5.41 Å². The van der Waals surface area contributed by atoms with Crippen LogP contribution in [0, 0.1) is 11.2 Å². The van der Waals surface area contributed by atoms with Gasteiger partial charge in [-0.25, -0.2) is 4.39 Å². The van der Waals surface area contributed by atoms with Gasteiger partial charge in [0.2, 0.25) is 0 Å². The normalized spacial score (nSPS) is 23.9. The molecule has 2 aromatic rings. The van der Waals surface area contributed by atoms with Crippen LogP contribution in [0.1, 0.15) is 68.2 Å². The number of piperidine rings is 1. The predicted molar refractivity (Wildman–Crippen MR) is 136 cm³/mol. The monoisotopic (exact) mass is 465 g/mol. The van der Waals surface area contributed by atoms with Crippen LogP contribution in [0.15, 0.2) is 42.5 Å². The number of ether oxygens (including phenoxy) is 1. The fourth-order valence-electron chi connectivity index (χ4n) is 6.65. The highest BCUT2D eigenvalue weighted by Gasteiger charge is 2.49. The van der Waals surface area contributed by atoms with Crippen molar-refractivity contribution in [3.05, 3.63) is 65.0 Å². The van der Waals surface area contributed by atoms with Crippen molar-refractivity contribution in [1.29, 1.82) is 0 Å². The van der Waals surface area contributed by atoms with Crippen LogP contribution in [0.5, 0.6) is 5.75 Å². The van der Waals surface area contributed by atoms with Crippen molar-refractivity contribution in [1.82, 2.24) is 15.1 Å². The Hall–Kier alpha value is -1.95. The number of methoxy groups -OCH3 is 1. The van der Waals surface area contributed by atoms with Crippen molar-refractivity contribution < 1.29 is 9.13 Å². The molecule has 2 aliphatic heterocycles. The average Bonchev–Trinajstić information content (AvgIpc) is 2.84. The second-order valence-corrected chi connectivity index (χ2v) is 11.1. The topological polar surface area (TPSA) is 27.7 Å². The summed E-state index contributed by atoms with van der Waals surface area (Å²) < 4.78 is 19.2. The van der Waals surface area contributed by atoms with E-state index in [9.17, 15) is 4.39 Å². The zero-order valence-electron chi connectivity index (χ0n) is 21.0. The van der Waals surface area contributed by atoms with Crippen molar-refractivity contribution >= 4 is 0 Å². The van der Waals surface area contributed by atoms with Gasteiger partial charge in [0.1, 0.15) is 0 Å². The number of hydrogen-bond acceptors (Lipinski definition) is 4. The summed E-state index contributed by atoms with van der Waals surface area (Å²) in [5.41, 5.74) is 4.66. The molecule has 5 rings (SSSR count). The van der Waals surface area contributed by atoms with Crippen LogP contribution in [-0.4, -0.2) is 55.7 Å². The van der Waals surface area contributed by atoms with Crippen LogP contribution < -0.4 is 10.1 Å². The van der Waals surface area contributed by atoms with Gasteiger partial charge in [0.15, 0.2) is 11.6 Å². The zero-order valence-corrected chi connectivity index (χ0v) is 21.0. The van der Waals surface area contributed by atoms with Gasteiger partial charge in [0.25, 0.3) is 0 Å². The molecule has 0 radical (unpaired) electrons. The highest BCUT2D eigenvalue weighted by Crippen LogP contribution is 2.52. The molecule has 1 aliphatic carbocycles. The number of nitrogens with zero attached hydrogens (tertiary/aromatic N) is 2. The Balaban J connectivity index is 1.37. The Kier molecular flexibility index (Phi) is 6.97. The number of piperazine rings is 1. The minimum atomic E-state index is -0.295. The molecule has 34 heavy (non-hydrogen) atoms. The number of rotatable bonds is 6. The molecule has 4 nitrogen and oxygen atoms in total. The Morgan fingerprint density at radius 2 is 1.85 bits per heavy atom. The van der Waals surface area contributed by atoms with Gasteiger partial charge >= 0.3 is 0 Å². The second-order valence-electron chi connectivity index (χ2n) is 11.1. The lowest BCUT2D eigenvalue weighted by atomic mass is 9.60. The van der Waals surface area contributed by atoms with E-state index in [1.165, 1.54) is 63.1 Å². The van der Waals surface area contributed by atoms with Gasteiger partial charge in [-0.1, -0.05) is 44.2 Å². The largest absolute Gasteiger partial charge is 0.494 e. The highest BCUT2D eigenvalue weighted by atomic mass is 19.1. The first-order valence-corrected chi connectivity index (χ1v) is 13.1. The summed E-state index contributed by atoms with van der Waals surface area (Å²) in [6.45, 7) is 10.9. The summed E-state index contributed by atoms with van der Waals surface area (Å²) in [5.74, 6) is 0.545. The van der Waals surface area contributed by atoms with Crippen LogP contribution in [-0.2, 0) is 6.54 Å². The Labute approximate surface area is 204 Å². The van der Waals surface area contributed by atoms with E-state index >= 15 is 0 Å². The summed E-state index contributed by atoms with van der Waals surface area (Å²) in [6, 6.07) is 15.4. The molecule has 2 heterocycles. The molecule has 0 amide bonds. The minimum absolute atomic E-state index is 0.295. The number of hydrogen-bond donors (Lipinski definition) is 1. The third kappa shape index (κ3) is 4.75. The van der Waals surface area contributed by atoms with Gasteiger partial charge in [-0.15, -0.1) is 0 Å². The van der Waals surface area contributed by atoms with Gasteiger partial charge in [-0.3, -0.25) is 9.80 Å². The molecule has 1 unspecified atom stereocenters. The van der Waals surface area contributed by atoms with E-state index < -0.39 is 0 Å². The molecule has 0 bridgehead atoms. The second kappa shape index (κ2) is 9.96. The molecule has 5 heteroatoms. The number of halogens is 1. The Morgan fingerprint density at radius 1 is 1.09 bits per heavy atom. The molecule has 1 atom stereocenters. The van der Waals surface area contributed by atoms with E-state index in [0.717, 1.165) is 31.7 Å². The van der Waals surface area contributed by atoms with Crippen LogP contribution in [0.4, 0.5) is 4.39 Å². The van der Waals surface area contributed by atoms with Gasteiger partial charge in [0.05, 0.1) is 7.11 Å². The molecule has 1 saturated carbocycles. The van der Waals surface area contributed by atoms with Gasteiger partial charge in [-0.05, 0) is 78.9 Å². The highest BCUT2D eigenvalue weighted by molar-refractivity contribution is 5.34. The lowest BCUT2D eigenvalue weighted by molar-refractivity contribution is -0.0650. The number of nitrogens with one attached hydrogen (secondary N) is 1. The molecule has 0 aromatic heterocycles. The van der Waals surface area contributed by atoms with E-state index in [-0.39, 0.29) is 5.82 Å². The maximum absolute atomic E-state index is 13.9. The van der Waals surface area contributed by atoms with Crippen molar-refractivity contribution in [2.75, 3.05) is 39.8 Å². The van der Waals surface area contributed by atoms with E-state index in [1.54, 1.807) is 0 Å². The Bertz CT molecular complexity index is 979. The average molecular weight is 466 g/mol. The van der Waals surface area contributed by atoms with Gasteiger partial charge in [-0.2, -0.15) is 0 Å². The first kappa shape index (κ1) is 23.8. The van der Waals surface area contributed by atoms with E-state index in [1.807, 2.05) is 12.1 Å². The van der Waals surface area contributed by atoms with E-state index in [4.69, 9.17) is 4.74 Å². The minimum Gasteiger partial charge on any atom is -0.494 e. The molecule has 3 aliphatic rings. The molecular weight excluding hydrogens is 425 g/mol. The maximum Gasteiger partial charge on any atom is 0.165 e. The quantitative estimate of drug-likeness (QED) is 0.623. The van der Waals surface area contributed by atoms with E-state index in [2.05, 4.69) is 53.2 Å².